The molecule has 1 saturated heterocycles. The second-order valence-corrected chi connectivity index (χ2v) is 1.98. The van der Waals surface area contributed by atoms with E-state index in [1.807, 2.05) is 0 Å². The average molecular weight is 115 g/mol. The van der Waals surface area contributed by atoms with Crippen molar-refractivity contribution in [2.45, 2.75) is 6.92 Å². The molecule has 3 heteroatoms. The summed E-state index contributed by atoms with van der Waals surface area (Å²) >= 11 is 0. The first kappa shape index (κ1) is 6.01. The molecule has 1 aliphatic heterocycles. The fourth-order valence-corrected chi connectivity index (χ4v) is 0.796. The van der Waals surface area contributed by atoms with Gasteiger partial charge in [-0.15, -0.1) is 0 Å². The Morgan fingerprint density at radius 2 is 2.00 bits per heavy atom. The topological polar surface area (TPSA) is 27.3 Å². The van der Waals surface area contributed by atoms with Gasteiger partial charge in [-0.05, 0) is 6.54 Å². The first-order valence-corrected chi connectivity index (χ1v) is 3.07. The van der Waals surface area contributed by atoms with Crippen LogP contribution in [0, 0.1) is 0 Å². The van der Waals surface area contributed by atoms with Gasteiger partial charge in [0.2, 0.25) is 0 Å². The molecule has 1 aliphatic rings. The van der Waals surface area contributed by atoms with Crippen molar-refractivity contribution in [1.29, 1.82) is 0 Å². The van der Waals surface area contributed by atoms with Gasteiger partial charge in [0.15, 0.2) is 0 Å². The minimum absolute atomic E-state index is 0.955. The van der Waals surface area contributed by atoms with Gasteiger partial charge in [0.05, 0.1) is 13.3 Å². The van der Waals surface area contributed by atoms with Crippen LogP contribution in [0.2, 0.25) is 0 Å². The van der Waals surface area contributed by atoms with Crippen molar-refractivity contribution in [2.75, 3.05) is 26.6 Å². The number of hydrogen-bond donors (Lipinski definition) is 2. The maximum atomic E-state index is 3.20. The molecular weight excluding hydrogens is 102 g/mol. The van der Waals surface area contributed by atoms with Crippen molar-refractivity contribution >= 4 is 0 Å². The Labute approximate surface area is 50.1 Å². The second kappa shape index (κ2) is 3.02. The van der Waals surface area contributed by atoms with Crippen LogP contribution in [0.15, 0.2) is 0 Å². The van der Waals surface area contributed by atoms with E-state index in [2.05, 4.69) is 22.5 Å². The van der Waals surface area contributed by atoms with Crippen LogP contribution in [-0.4, -0.2) is 31.5 Å². The van der Waals surface area contributed by atoms with E-state index in [4.69, 9.17) is 0 Å². The average Bonchev–Trinajstić information content (AvgIpc) is 1.90. The highest BCUT2D eigenvalue weighted by molar-refractivity contribution is 4.56. The van der Waals surface area contributed by atoms with Crippen LogP contribution >= 0.6 is 0 Å². The molecule has 3 nitrogen and oxygen atoms in total. The molecule has 0 bridgehead atoms. The minimum atomic E-state index is 0.955. The fraction of sp³-hybridized carbons (Fsp3) is 1.00. The van der Waals surface area contributed by atoms with Crippen molar-refractivity contribution in [1.82, 2.24) is 15.5 Å². The highest BCUT2D eigenvalue weighted by Gasteiger charge is 2.03. The number of rotatable bonds is 1. The van der Waals surface area contributed by atoms with Crippen molar-refractivity contribution in [3.63, 3.8) is 0 Å². The monoisotopic (exact) mass is 115 g/mol. The lowest BCUT2D eigenvalue weighted by Crippen LogP contribution is -2.50. The summed E-state index contributed by atoms with van der Waals surface area (Å²) in [7, 11) is 0. The smallest absolute Gasteiger partial charge is 0.0502 e. The maximum absolute atomic E-state index is 3.20. The molecule has 0 saturated carbocycles. The Bertz CT molecular complexity index is 58.7. The van der Waals surface area contributed by atoms with Gasteiger partial charge in [0.25, 0.3) is 0 Å². The molecule has 0 atom stereocenters. The SMILES string of the molecule is CCN1CNCNC1. The van der Waals surface area contributed by atoms with Crippen LogP contribution in [0.25, 0.3) is 0 Å². The summed E-state index contributed by atoms with van der Waals surface area (Å²) in [6.07, 6.45) is 0. The summed E-state index contributed by atoms with van der Waals surface area (Å²) in [6.45, 7) is 6.30. The van der Waals surface area contributed by atoms with Crippen molar-refractivity contribution in [2.24, 2.45) is 0 Å². The fourth-order valence-electron chi connectivity index (χ4n) is 0.796. The van der Waals surface area contributed by atoms with Crippen molar-refractivity contribution < 1.29 is 0 Å². The molecule has 0 aromatic carbocycles. The standard InChI is InChI=1S/C5H13N3/c1-2-8-4-6-3-7-5-8/h6-7H,2-5H2,1H3. The quantitative estimate of drug-likeness (QED) is 0.476. The number of hydrogen-bond acceptors (Lipinski definition) is 3. The Morgan fingerprint density at radius 1 is 1.38 bits per heavy atom. The third kappa shape index (κ3) is 1.43. The predicted octanol–water partition coefficient (Wildman–Crippen LogP) is -0.626. The summed E-state index contributed by atoms with van der Waals surface area (Å²) in [5, 5.41) is 6.40. The van der Waals surface area contributed by atoms with Crippen molar-refractivity contribution in [3.05, 3.63) is 0 Å². The third-order valence-electron chi connectivity index (χ3n) is 1.37. The highest BCUT2D eigenvalue weighted by Crippen LogP contribution is 1.83. The zero-order valence-electron chi connectivity index (χ0n) is 5.28. The molecule has 2 N–H and O–H groups in total. The van der Waals surface area contributed by atoms with Crippen molar-refractivity contribution in [3.8, 4) is 0 Å². The molecule has 1 rings (SSSR count). The van der Waals surface area contributed by atoms with E-state index in [0.29, 0.717) is 0 Å². The van der Waals surface area contributed by atoms with E-state index < -0.39 is 0 Å². The van der Waals surface area contributed by atoms with Gasteiger partial charge in [-0.1, -0.05) is 6.92 Å². The van der Waals surface area contributed by atoms with E-state index in [1.54, 1.807) is 0 Å². The summed E-state index contributed by atoms with van der Waals surface area (Å²) in [6, 6.07) is 0. The van der Waals surface area contributed by atoms with Crippen LogP contribution in [0.5, 0.6) is 0 Å². The van der Waals surface area contributed by atoms with Gasteiger partial charge < -0.3 is 0 Å². The molecule has 0 unspecified atom stereocenters. The third-order valence-corrected chi connectivity index (χ3v) is 1.37. The lowest BCUT2D eigenvalue weighted by Gasteiger charge is -2.26. The molecule has 1 fully saturated rings. The van der Waals surface area contributed by atoms with E-state index in [0.717, 1.165) is 26.6 Å². The Morgan fingerprint density at radius 3 is 2.38 bits per heavy atom. The summed E-state index contributed by atoms with van der Waals surface area (Å²) in [5.74, 6) is 0. The van der Waals surface area contributed by atoms with E-state index in [-0.39, 0.29) is 0 Å². The molecule has 1 heterocycles. The summed E-state index contributed by atoms with van der Waals surface area (Å²) in [4.78, 5) is 2.30. The molecule has 0 aliphatic carbocycles. The van der Waals surface area contributed by atoms with Gasteiger partial charge in [0, 0.05) is 6.67 Å². The highest BCUT2D eigenvalue weighted by atomic mass is 15.3. The number of nitrogens with zero attached hydrogens (tertiary/aromatic N) is 1. The van der Waals surface area contributed by atoms with Crippen LogP contribution in [0.4, 0.5) is 0 Å². The van der Waals surface area contributed by atoms with Crippen LogP contribution in [0.3, 0.4) is 0 Å². The molecule has 0 aromatic heterocycles. The molecule has 0 aromatic rings. The molecular formula is C5H13N3. The summed E-state index contributed by atoms with van der Waals surface area (Å²) in [5.41, 5.74) is 0. The van der Waals surface area contributed by atoms with E-state index in [9.17, 15) is 0 Å². The van der Waals surface area contributed by atoms with Crippen LogP contribution in [-0.2, 0) is 0 Å². The lowest BCUT2D eigenvalue weighted by atomic mass is 10.6. The van der Waals surface area contributed by atoms with E-state index in [1.165, 1.54) is 0 Å². The first-order chi connectivity index (χ1) is 3.93. The molecule has 0 spiro atoms. The summed E-state index contributed by atoms with van der Waals surface area (Å²) < 4.78 is 0. The number of nitrogens with one attached hydrogen (secondary N) is 2. The van der Waals surface area contributed by atoms with Gasteiger partial charge in [-0.25, -0.2) is 0 Å². The molecule has 0 amide bonds. The first-order valence-electron chi connectivity index (χ1n) is 3.07. The van der Waals surface area contributed by atoms with Gasteiger partial charge >= 0.3 is 0 Å². The Balaban J connectivity index is 2.13. The minimum Gasteiger partial charge on any atom is -0.292 e. The Kier molecular flexibility index (Phi) is 2.27. The Hall–Kier alpha value is -0.120. The largest absolute Gasteiger partial charge is 0.292 e. The van der Waals surface area contributed by atoms with E-state index >= 15 is 0 Å². The zero-order valence-corrected chi connectivity index (χ0v) is 5.28. The second-order valence-electron chi connectivity index (χ2n) is 1.98. The normalized spacial score (nSPS) is 23.6. The van der Waals surface area contributed by atoms with Gasteiger partial charge in [-0.3, -0.25) is 15.5 Å². The zero-order chi connectivity index (χ0) is 5.82. The van der Waals surface area contributed by atoms with Gasteiger partial charge in [0.1, 0.15) is 0 Å². The molecule has 48 valence electrons. The molecule has 0 radical (unpaired) electrons. The van der Waals surface area contributed by atoms with Crippen LogP contribution < -0.4 is 10.6 Å². The molecule has 8 heavy (non-hydrogen) atoms. The maximum Gasteiger partial charge on any atom is 0.0502 e. The van der Waals surface area contributed by atoms with Gasteiger partial charge in [-0.2, -0.15) is 0 Å². The predicted molar refractivity (Wildman–Crippen MR) is 33.3 cm³/mol. The van der Waals surface area contributed by atoms with Crippen LogP contribution in [0.1, 0.15) is 6.92 Å². The lowest BCUT2D eigenvalue weighted by molar-refractivity contribution is 0.201.